The first kappa shape index (κ1) is 21.4. The Morgan fingerprint density at radius 1 is 1.03 bits per heavy atom. The number of fused-ring (bicyclic) bond motifs is 1. The number of rotatable bonds is 4. The van der Waals surface area contributed by atoms with Gasteiger partial charge in [-0.15, -0.1) is 0 Å². The Balaban J connectivity index is 1.36. The van der Waals surface area contributed by atoms with E-state index >= 15 is 4.39 Å². The molecule has 4 aliphatic rings. The van der Waals surface area contributed by atoms with Gasteiger partial charge in [0.05, 0.1) is 5.69 Å². The number of nitrogens with zero attached hydrogens (tertiary/aromatic N) is 4. The van der Waals surface area contributed by atoms with E-state index in [0.29, 0.717) is 6.54 Å². The maximum Gasteiger partial charge on any atom is 0.345 e. The number of hydrogen-bond acceptors (Lipinski definition) is 4. The maximum atomic E-state index is 15.6. The zero-order valence-electron chi connectivity index (χ0n) is 19.6. The molecule has 0 radical (unpaired) electrons. The number of halogens is 1. The Bertz CT molecular complexity index is 1160. The van der Waals surface area contributed by atoms with Crippen molar-refractivity contribution in [1.29, 1.82) is 0 Å². The molecular weight excluding hydrogens is 433 g/mol. The van der Waals surface area contributed by atoms with Crippen molar-refractivity contribution in [1.82, 2.24) is 15.3 Å². The molecule has 1 saturated carbocycles. The van der Waals surface area contributed by atoms with Crippen molar-refractivity contribution in [3.8, 4) is 11.1 Å². The highest BCUT2D eigenvalue weighted by Gasteiger charge is 2.52. The van der Waals surface area contributed by atoms with Gasteiger partial charge in [0.1, 0.15) is 12.0 Å². The largest absolute Gasteiger partial charge is 0.374 e. The van der Waals surface area contributed by atoms with Crippen molar-refractivity contribution in [3.63, 3.8) is 0 Å². The standard InChI is InChI=1S/C26H30FN5O2/c1-29-12-10-19-13-17(5-7-22(19)29)18-6-8-23(21(27)14-18)31-24(20-9-11-28-15-20)32(30(2)26(31)34)25(33)16-3-4-16/h5-8,13-14,16,20,24,28H,3-4,9-12,15H2,1-2H3. The molecule has 3 aliphatic heterocycles. The van der Waals surface area contributed by atoms with Gasteiger partial charge in [-0.1, -0.05) is 12.1 Å². The van der Waals surface area contributed by atoms with Crippen LogP contribution in [0.5, 0.6) is 0 Å². The first-order chi connectivity index (χ1) is 16.4. The van der Waals surface area contributed by atoms with Gasteiger partial charge in [0.2, 0.25) is 5.91 Å². The molecule has 8 heteroatoms. The zero-order chi connectivity index (χ0) is 23.6. The van der Waals surface area contributed by atoms with E-state index in [9.17, 15) is 9.59 Å². The number of anilines is 2. The smallest absolute Gasteiger partial charge is 0.345 e. The third-order valence-corrected chi connectivity index (χ3v) is 7.74. The number of carbonyl (C=O) groups excluding carboxylic acids is 2. The second kappa shape index (κ2) is 7.98. The predicted octanol–water partition coefficient (Wildman–Crippen LogP) is 3.45. The van der Waals surface area contributed by atoms with E-state index in [1.807, 2.05) is 12.1 Å². The Hall–Kier alpha value is -3.13. The summed E-state index contributed by atoms with van der Waals surface area (Å²) in [6.07, 6.45) is 3.01. The third-order valence-electron chi connectivity index (χ3n) is 7.74. The van der Waals surface area contributed by atoms with Crippen LogP contribution in [0.1, 0.15) is 24.8 Å². The summed E-state index contributed by atoms with van der Waals surface area (Å²) in [4.78, 5) is 30.2. The molecule has 1 N–H and O–H groups in total. The number of urea groups is 1. The molecular formula is C26H30FN5O2. The molecule has 2 aromatic carbocycles. The minimum Gasteiger partial charge on any atom is -0.374 e. The summed E-state index contributed by atoms with van der Waals surface area (Å²) < 4.78 is 15.6. The number of hydrazine groups is 1. The van der Waals surface area contributed by atoms with Gasteiger partial charge in [0.25, 0.3) is 0 Å². The minimum atomic E-state index is -0.517. The fraction of sp³-hybridized carbons (Fsp3) is 0.462. The number of hydrogen-bond donors (Lipinski definition) is 1. The average Bonchev–Trinajstić information content (AvgIpc) is 3.33. The zero-order valence-corrected chi connectivity index (χ0v) is 19.6. The van der Waals surface area contributed by atoms with Crippen molar-refractivity contribution in [2.75, 3.05) is 43.5 Å². The minimum absolute atomic E-state index is 0.0295. The van der Waals surface area contributed by atoms with Crippen LogP contribution in [0.3, 0.4) is 0 Å². The Labute approximate surface area is 199 Å². The van der Waals surface area contributed by atoms with Gasteiger partial charge in [0, 0.05) is 44.7 Å². The van der Waals surface area contributed by atoms with Crippen molar-refractivity contribution in [2.45, 2.75) is 31.8 Å². The van der Waals surface area contributed by atoms with Crippen LogP contribution in [0, 0.1) is 17.7 Å². The second-order valence-electron chi connectivity index (χ2n) is 9.98. The number of carbonyl (C=O) groups is 2. The van der Waals surface area contributed by atoms with Gasteiger partial charge < -0.3 is 10.2 Å². The summed E-state index contributed by atoms with van der Waals surface area (Å²) >= 11 is 0. The molecule has 6 rings (SSSR count). The number of benzene rings is 2. The molecule has 3 heterocycles. The summed E-state index contributed by atoms with van der Waals surface area (Å²) in [5, 5.41) is 6.30. The highest BCUT2D eigenvalue weighted by Crippen LogP contribution is 2.40. The number of likely N-dealkylation sites (N-methyl/N-ethyl adjacent to an activating group) is 1. The van der Waals surface area contributed by atoms with Crippen molar-refractivity contribution >= 4 is 23.3 Å². The van der Waals surface area contributed by atoms with Crippen LogP contribution in [0.25, 0.3) is 11.1 Å². The molecule has 0 spiro atoms. The maximum absolute atomic E-state index is 15.6. The van der Waals surface area contributed by atoms with Crippen LogP contribution in [0.2, 0.25) is 0 Å². The van der Waals surface area contributed by atoms with E-state index in [1.165, 1.54) is 27.2 Å². The Morgan fingerprint density at radius 3 is 2.44 bits per heavy atom. The van der Waals surface area contributed by atoms with Gasteiger partial charge in [-0.25, -0.2) is 19.2 Å². The molecule has 1 aliphatic carbocycles. The van der Waals surface area contributed by atoms with Crippen LogP contribution in [0.15, 0.2) is 36.4 Å². The van der Waals surface area contributed by atoms with E-state index in [2.05, 4.69) is 29.4 Å². The molecule has 0 bridgehead atoms. The lowest BCUT2D eigenvalue weighted by Crippen LogP contribution is -2.51. The van der Waals surface area contributed by atoms with Crippen molar-refractivity contribution < 1.29 is 14.0 Å². The fourth-order valence-corrected chi connectivity index (χ4v) is 5.66. The van der Waals surface area contributed by atoms with E-state index in [4.69, 9.17) is 0 Å². The number of nitrogens with one attached hydrogen (secondary N) is 1. The lowest BCUT2D eigenvalue weighted by molar-refractivity contribution is -0.146. The molecule has 34 heavy (non-hydrogen) atoms. The molecule has 178 valence electrons. The monoisotopic (exact) mass is 463 g/mol. The van der Waals surface area contributed by atoms with Crippen molar-refractivity contribution in [3.05, 3.63) is 47.8 Å². The molecule has 2 unspecified atom stereocenters. The summed E-state index contributed by atoms with van der Waals surface area (Å²) in [6, 6.07) is 11.0. The summed E-state index contributed by atoms with van der Waals surface area (Å²) in [6.45, 7) is 2.51. The van der Waals surface area contributed by atoms with Gasteiger partial charge >= 0.3 is 6.03 Å². The molecule has 3 fully saturated rings. The van der Waals surface area contributed by atoms with Crippen LogP contribution in [0.4, 0.5) is 20.6 Å². The van der Waals surface area contributed by atoms with Gasteiger partial charge in [-0.05, 0) is 73.2 Å². The second-order valence-corrected chi connectivity index (χ2v) is 9.98. The van der Waals surface area contributed by atoms with E-state index in [1.54, 1.807) is 18.1 Å². The topological polar surface area (TPSA) is 59.1 Å². The SMILES string of the molecule is CN1CCc2cc(-c3ccc(N4C(=O)N(C)N(C(=O)C5CC5)C4C4CCNC4)c(F)c3)ccc21. The summed E-state index contributed by atoms with van der Waals surface area (Å²) in [7, 11) is 3.70. The summed E-state index contributed by atoms with van der Waals surface area (Å²) in [5.74, 6) is -0.466. The lowest BCUT2D eigenvalue weighted by Gasteiger charge is -2.34. The molecule has 2 saturated heterocycles. The highest BCUT2D eigenvalue weighted by atomic mass is 19.1. The molecule has 7 nitrogen and oxygen atoms in total. The highest BCUT2D eigenvalue weighted by molar-refractivity contribution is 5.98. The summed E-state index contributed by atoms with van der Waals surface area (Å²) in [5.41, 5.74) is 4.46. The first-order valence-electron chi connectivity index (χ1n) is 12.2. The Kier molecular flexibility index (Phi) is 5.02. The van der Waals surface area contributed by atoms with E-state index < -0.39 is 12.0 Å². The fourth-order valence-electron chi connectivity index (χ4n) is 5.66. The molecule has 0 aromatic heterocycles. The van der Waals surface area contributed by atoms with E-state index in [0.717, 1.165) is 49.9 Å². The predicted molar refractivity (Wildman–Crippen MR) is 129 cm³/mol. The lowest BCUT2D eigenvalue weighted by atomic mass is 10.00. The molecule has 2 atom stereocenters. The number of amides is 3. The first-order valence-corrected chi connectivity index (χ1v) is 12.2. The van der Waals surface area contributed by atoms with Crippen LogP contribution in [-0.4, -0.2) is 61.9 Å². The molecule has 2 aromatic rings. The Morgan fingerprint density at radius 2 is 1.76 bits per heavy atom. The van der Waals surface area contributed by atoms with Gasteiger partial charge in [0.15, 0.2) is 0 Å². The molecule has 3 amide bonds. The average molecular weight is 464 g/mol. The van der Waals surface area contributed by atoms with Crippen LogP contribution < -0.4 is 15.1 Å². The van der Waals surface area contributed by atoms with E-state index in [-0.39, 0.29) is 29.5 Å². The van der Waals surface area contributed by atoms with Crippen LogP contribution in [-0.2, 0) is 11.2 Å². The van der Waals surface area contributed by atoms with Gasteiger partial charge in [-0.2, -0.15) is 0 Å². The quantitative estimate of drug-likeness (QED) is 0.755. The van der Waals surface area contributed by atoms with Crippen LogP contribution >= 0.6 is 0 Å². The normalized spacial score (nSPS) is 24.4. The third kappa shape index (κ3) is 3.35. The van der Waals surface area contributed by atoms with Gasteiger partial charge in [-0.3, -0.25) is 9.69 Å². The van der Waals surface area contributed by atoms with Crippen molar-refractivity contribution in [2.24, 2.45) is 11.8 Å².